The number of hydrogen-bond donors (Lipinski definition) is 2. The molecule has 0 aliphatic carbocycles. The van der Waals surface area contributed by atoms with E-state index in [-0.39, 0.29) is 11.4 Å². The molecule has 26 heavy (non-hydrogen) atoms. The summed E-state index contributed by atoms with van der Waals surface area (Å²) < 4.78 is 10.7. The number of para-hydroxylation sites is 2. The Morgan fingerprint density at radius 2 is 2.19 bits per heavy atom. The number of nitriles is 1. The summed E-state index contributed by atoms with van der Waals surface area (Å²) in [5, 5.41) is 19.4. The maximum Gasteiger partial charge on any atom is 0.331 e. The van der Waals surface area contributed by atoms with Crippen molar-refractivity contribution in [1.82, 2.24) is 9.97 Å². The van der Waals surface area contributed by atoms with Gasteiger partial charge in [-0.15, -0.1) is 0 Å². The van der Waals surface area contributed by atoms with Crippen LogP contribution in [0.1, 0.15) is 11.6 Å². The van der Waals surface area contributed by atoms with Crippen LogP contribution in [0.4, 0.5) is 0 Å². The number of H-pyrrole nitrogens is 1. The molecule has 0 aliphatic heterocycles. The van der Waals surface area contributed by atoms with E-state index in [0.717, 1.165) is 11.6 Å². The number of allylic oxidation sites excluding steroid dienone is 1. The number of nitrogens with one attached hydrogen (secondary N) is 1. The number of carbonyl (C=O) groups is 1. The van der Waals surface area contributed by atoms with E-state index in [4.69, 9.17) is 9.15 Å². The van der Waals surface area contributed by atoms with E-state index in [1.165, 1.54) is 6.08 Å². The summed E-state index contributed by atoms with van der Waals surface area (Å²) in [6, 6.07) is 12.4. The Morgan fingerprint density at radius 3 is 2.88 bits per heavy atom. The molecule has 8 heteroatoms. The molecule has 0 fully saturated rings. The number of aromatic nitrogens is 2. The lowest BCUT2D eigenvalue weighted by atomic mass is 10.2. The fourth-order valence-electron chi connectivity index (χ4n) is 2.15. The third-order valence-electron chi connectivity index (χ3n) is 3.36. The molecule has 2 aromatic heterocycles. The summed E-state index contributed by atoms with van der Waals surface area (Å²) in [5.41, 5.74) is 1.30. The molecule has 0 spiro atoms. The highest BCUT2D eigenvalue weighted by Crippen LogP contribution is 2.19. The van der Waals surface area contributed by atoms with Crippen LogP contribution in [0, 0.1) is 11.3 Å². The second-order valence-electron chi connectivity index (χ2n) is 5.12. The molecule has 1 aromatic carbocycles. The quantitative estimate of drug-likeness (QED) is 0.283. The molecule has 0 saturated carbocycles. The maximum atomic E-state index is 11.7. The Labute approximate surface area is 156 Å². The molecule has 0 aliphatic rings. The average molecular weight is 414 g/mol. The number of aliphatic hydroxyl groups is 1. The van der Waals surface area contributed by atoms with E-state index in [0.29, 0.717) is 15.9 Å². The van der Waals surface area contributed by atoms with Gasteiger partial charge in [0.05, 0.1) is 11.0 Å². The normalized spacial score (nSPS) is 12.2. The van der Waals surface area contributed by atoms with E-state index in [1.807, 2.05) is 18.2 Å². The van der Waals surface area contributed by atoms with E-state index in [9.17, 15) is 15.2 Å². The molecular formula is C18H12BrN3O4. The minimum Gasteiger partial charge on any atom is -0.507 e. The number of furan rings is 1. The SMILES string of the molecule is N#C/C(=C(/O)COC(=O)C=Cc1ccc(Br)o1)c1nc2ccccc2[nH]1. The topological polar surface area (TPSA) is 112 Å². The van der Waals surface area contributed by atoms with Gasteiger partial charge in [0.1, 0.15) is 24.0 Å². The number of esters is 1. The van der Waals surface area contributed by atoms with Crippen LogP contribution in [0.25, 0.3) is 22.7 Å². The first kappa shape index (κ1) is 17.5. The van der Waals surface area contributed by atoms with Gasteiger partial charge in [-0.25, -0.2) is 9.78 Å². The predicted molar refractivity (Wildman–Crippen MR) is 97.7 cm³/mol. The summed E-state index contributed by atoms with van der Waals surface area (Å²) >= 11 is 3.15. The number of carbonyl (C=O) groups excluding carboxylic acids is 1. The van der Waals surface area contributed by atoms with E-state index in [2.05, 4.69) is 25.9 Å². The average Bonchev–Trinajstić information content (AvgIpc) is 3.24. The first-order chi connectivity index (χ1) is 12.6. The van der Waals surface area contributed by atoms with Gasteiger partial charge in [-0.1, -0.05) is 12.1 Å². The standard InChI is InChI=1S/C18H12BrN3O4/c19-16-7-5-11(26-16)6-8-17(24)25-10-15(23)12(9-20)18-21-13-3-1-2-4-14(13)22-18/h1-8,23H,10H2,(H,21,22)/b8-6?,15-12-. The number of halogens is 1. The Balaban J connectivity index is 1.69. The molecule has 3 aromatic rings. The summed E-state index contributed by atoms with van der Waals surface area (Å²) in [6.45, 7) is -0.453. The van der Waals surface area contributed by atoms with Crippen LogP contribution in [0.15, 0.2) is 57.3 Å². The number of benzene rings is 1. The van der Waals surface area contributed by atoms with Gasteiger partial charge in [0.2, 0.25) is 0 Å². The second kappa shape index (κ2) is 7.72. The van der Waals surface area contributed by atoms with Crippen molar-refractivity contribution in [3.63, 3.8) is 0 Å². The molecule has 130 valence electrons. The molecule has 2 heterocycles. The molecule has 0 atom stereocenters. The van der Waals surface area contributed by atoms with Crippen LogP contribution in [-0.2, 0) is 9.53 Å². The van der Waals surface area contributed by atoms with Crippen LogP contribution in [0.3, 0.4) is 0 Å². The molecule has 3 rings (SSSR count). The second-order valence-corrected chi connectivity index (χ2v) is 5.90. The van der Waals surface area contributed by atoms with Crippen LogP contribution in [-0.4, -0.2) is 27.7 Å². The largest absolute Gasteiger partial charge is 0.507 e. The number of hydrogen-bond acceptors (Lipinski definition) is 6. The Bertz CT molecular complexity index is 1020. The minimum atomic E-state index is -0.689. The summed E-state index contributed by atoms with van der Waals surface area (Å²) in [4.78, 5) is 18.9. The van der Waals surface area contributed by atoms with Crippen molar-refractivity contribution in [2.75, 3.05) is 6.61 Å². The molecule has 2 N–H and O–H groups in total. The molecular weight excluding hydrogens is 402 g/mol. The van der Waals surface area contributed by atoms with E-state index < -0.39 is 18.3 Å². The van der Waals surface area contributed by atoms with Gasteiger partial charge < -0.3 is 19.2 Å². The van der Waals surface area contributed by atoms with Crippen molar-refractivity contribution in [2.45, 2.75) is 0 Å². The third kappa shape index (κ3) is 4.02. The highest BCUT2D eigenvalue weighted by molar-refractivity contribution is 9.10. The van der Waals surface area contributed by atoms with E-state index >= 15 is 0 Å². The fraction of sp³-hybridized carbons (Fsp3) is 0.0556. The lowest BCUT2D eigenvalue weighted by Gasteiger charge is -2.03. The van der Waals surface area contributed by atoms with Gasteiger partial charge in [0.15, 0.2) is 16.3 Å². The molecule has 0 radical (unpaired) electrons. The van der Waals surface area contributed by atoms with Gasteiger partial charge in [0.25, 0.3) is 0 Å². The number of aromatic amines is 1. The van der Waals surface area contributed by atoms with Crippen LogP contribution >= 0.6 is 15.9 Å². The van der Waals surface area contributed by atoms with E-state index in [1.54, 1.807) is 24.3 Å². The monoisotopic (exact) mass is 413 g/mol. The highest BCUT2D eigenvalue weighted by atomic mass is 79.9. The molecule has 0 unspecified atom stereocenters. The van der Waals surface area contributed by atoms with Crippen molar-refractivity contribution in [2.24, 2.45) is 0 Å². The molecule has 0 bridgehead atoms. The number of nitrogens with zero attached hydrogens (tertiary/aromatic N) is 2. The number of fused-ring (bicyclic) bond motifs is 1. The maximum absolute atomic E-state index is 11.7. The summed E-state index contributed by atoms with van der Waals surface area (Å²) in [7, 11) is 0. The smallest absolute Gasteiger partial charge is 0.331 e. The zero-order valence-electron chi connectivity index (χ0n) is 13.3. The van der Waals surface area contributed by atoms with Gasteiger partial charge in [0, 0.05) is 6.08 Å². The van der Waals surface area contributed by atoms with Crippen molar-refractivity contribution >= 4 is 44.6 Å². The lowest BCUT2D eigenvalue weighted by Crippen LogP contribution is -2.06. The summed E-state index contributed by atoms with van der Waals surface area (Å²) in [5.74, 6) is -0.410. The van der Waals surface area contributed by atoms with Crippen molar-refractivity contribution < 1.29 is 19.1 Å². The Morgan fingerprint density at radius 1 is 1.38 bits per heavy atom. The van der Waals surface area contributed by atoms with Crippen LogP contribution in [0.5, 0.6) is 0 Å². The first-order valence-electron chi connectivity index (χ1n) is 7.44. The van der Waals surface area contributed by atoms with Gasteiger partial charge in [-0.3, -0.25) is 0 Å². The molecule has 0 saturated heterocycles. The van der Waals surface area contributed by atoms with Gasteiger partial charge >= 0.3 is 5.97 Å². The predicted octanol–water partition coefficient (Wildman–Crippen LogP) is 3.97. The fourth-order valence-corrected chi connectivity index (χ4v) is 2.47. The van der Waals surface area contributed by atoms with Crippen molar-refractivity contribution in [1.29, 1.82) is 5.26 Å². The minimum absolute atomic E-state index is 0.0899. The Hall–Kier alpha value is -3.31. The van der Waals surface area contributed by atoms with Crippen molar-refractivity contribution in [3.05, 3.63) is 64.5 Å². The lowest BCUT2D eigenvalue weighted by molar-refractivity contribution is -0.137. The third-order valence-corrected chi connectivity index (χ3v) is 3.78. The number of rotatable bonds is 5. The van der Waals surface area contributed by atoms with Gasteiger partial charge in [-0.05, 0) is 46.3 Å². The number of aliphatic hydroxyl groups excluding tert-OH is 1. The zero-order valence-corrected chi connectivity index (χ0v) is 14.9. The number of ether oxygens (including phenoxy) is 1. The van der Waals surface area contributed by atoms with Crippen LogP contribution < -0.4 is 0 Å². The first-order valence-corrected chi connectivity index (χ1v) is 8.23. The van der Waals surface area contributed by atoms with Gasteiger partial charge in [-0.2, -0.15) is 5.26 Å². The van der Waals surface area contributed by atoms with Crippen molar-refractivity contribution in [3.8, 4) is 6.07 Å². The molecule has 7 nitrogen and oxygen atoms in total. The Kier molecular flexibility index (Phi) is 5.20. The number of imidazole rings is 1. The summed E-state index contributed by atoms with van der Waals surface area (Å²) in [6.07, 6.45) is 2.59. The van der Waals surface area contributed by atoms with Crippen LogP contribution in [0.2, 0.25) is 0 Å². The molecule has 0 amide bonds. The highest BCUT2D eigenvalue weighted by Gasteiger charge is 2.14. The zero-order chi connectivity index (χ0) is 18.5.